The first kappa shape index (κ1) is 18.9. The van der Waals surface area contributed by atoms with E-state index in [-0.39, 0.29) is 0 Å². The van der Waals surface area contributed by atoms with Crippen LogP contribution in [0, 0.1) is 6.92 Å². The maximum absolute atomic E-state index is 6.18. The van der Waals surface area contributed by atoms with E-state index in [4.69, 9.17) is 9.40 Å². The van der Waals surface area contributed by atoms with Crippen LogP contribution in [0.2, 0.25) is 0 Å². The number of nitrogens with zero attached hydrogens (tertiary/aromatic N) is 1. The molecule has 4 aromatic rings. The molecule has 0 radical (unpaired) electrons. The normalized spacial score (nSPS) is 10.9. The Hall–Kier alpha value is -2.43. The van der Waals surface area contributed by atoms with Crippen LogP contribution in [0.25, 0.3) is 11.5 Å². The molecule has 1 heterocycles. The van der Waals surface area contributed by atoms with E-state index in [0.29, 0.717) is 5.89 Å². The topological polar surface area (TPSA) is 26.0 Å². The average Bonchev–Trinajstić information content (AvgIpc) is 3.16. The molecule has 0 amide bonds. The lowest BCUT2D eigenvalue weighted by molar-refractivity contribution is 0.474. The number of benzene rings is 3. The van der Waals surface area contributed by atoms with Crippen molar-refractivity contribution in [1.82, 2.24) is 4.98 Å². The van der Waals surface area contributed by atoms with Crippen LogP contribution in [0.15, 0.2) is 99.5 Å². The van der Waals surface area contributed by atoms with Crippen molar-refractivity contribution in [2.75, 3.05) is 0 Å². The van der Waals surface area contributed by atoms with Crippen LogP contribution in [0.5, 0.6) is 0 Å². The van der Waals surface area contributed by atoms with Crippen molar-refractivity contribution in [2.24, 2.45) is 0 Å². The summed E-state index contributed by atoms with van der Waals surface area (Å²) >= 11 is 3.43. The monoisotopic (exact) mass is 403 g/mol. The molecule has 28 heavy (non-hydrogen) atoms. The first-order valence-electron chi connectivity index (χ1n) is 9.19. The standard InChI is InChI=1S/C24H21NOS2/c1-18-12-14-21(15-13-18)22-25-23(27-16-19-8-4-2-5-9-19)24(26-22)28-17-20-10-6-3-7-11-20/h2-15H,16-17H2,1H3. The van der Waals surface area contributed by atoms with Gasteiger partial charge in [0.1, 0.15) is 5.03 Å². The number of thioether (sulfide) groups is 2. The molecule has 0 fully saturated rings. The molecule has 2 nitrogen and oxygen atoms in total. The average molecular weight is 404 g/mol. The van der Waals surface area contributed by atoms with Crippen molar-refractivity contribution in [3.8, 4) is 11.5 Å². The molecular formula is C24H21NOS2. The summed E-state index contributed by atoms with van der Waals surface area (Å²) in [7, 11) is 0. The summed E-state index contributed by atoms with van der Waals surface area (Å²) < 4.78 is 6.18. The van der Waals surface area contributed by atoms with Gasteiger partial charge in [0.2, 0.25) is 5.89 Å². The van der Waals surface area contributed by atoms with E-state index in [2.05, 4.69) is 79.7 Å². The lowest BCUT2D eigenvalue weighted by Crippen LogP contribution is -1.83. The summed E-state index contributed by atoms with van der Waals surface area (Å²) in [6, 6.07) is 29.2. The Labute approximate surface area is 174 Å². The summed E-state index contributed by atoms with van der Waals surface area (Å²) in [5.74, 6) is 2.42. The molecule has 0 aliphatic carbocycles. The first-order valence-corrected chi connectivity index (χ1v) is 11.2. The summed E-state index contributed by atoms with van der Waals surface area (Å²) in [6.45, 7) is 2.08. The lowest BCUT2D eigenvalue weighted by atomic mass is 10.1. The van der Waals surface area contributed by atoms with Crippen molar-refractivity contribution < 1.29 is 4.42 Å². The van der Waals surface area contributed by atoms with Crippen LogP contribution in [0.3, 0.4) is 0 Å². The zero-order valence-electron chi connectivity index (χ0n) is 15.7. The highest BCUT2D eigenvalue weighted by molar-refractivity contribution is 8.01. The van der Waals surface area contributed by atoms with Crippen molar-refractivity contribution in [2.45, 2.75) is 28.5 Å². The van der Waals surface area contributed by atoms with Gasteiger partial charge in [0, 0.05) is 17.1 Å². The zero-order chi connectivity index (χ0) is 19.2. The third kappa shape index (κ3) is 4.89. The summed E-state index contributed by atoms with van der Waals surface area (Å²) in [4.78, 5) is 4.81. The Morgan fingerprint density at radius 3 is 1.89 bits per heavy atom. The SMILES string of the molecule is Cc1ccc(-c2nc(SCc3ccccc3)c(SCc3ccccc3)o2)cc1. The fraction of sp³-hybridized carbons (Fsp3) is 0.125. The van der Waals surface area contributed by atoms with Gasteiger partial charge in [-0.2, -0.15) is 0 Å². The van der Waals surface area contributed by atoms with Crippen LogP contribution in [0.1, 0.15) is 16.7 Å². The quantitative estimate of drug-likeness (QED) is 0.304. The molecule has 140 valence electrons. The predicted octanol–water partition coefficient (Wildman–Crippen LogP) is 7.23. The van der Waals surface area contributed by atoms with Gasteiger partial charge in [-0.25, -0.2) is 4.98 Å². The molecule has 0 aliphatic rings. The van der Waals surface area contributed by atoms with E-state index < -0.39 is 0 Å². The Kier molecular flexibility index (Phi) is 6.20. The Balaban J connectivity index is 1.56. The number of hydrogen-bond donors (Lipinski definition) is 0. The molecule has 1 aromatic heterocycles. The fourth-order valence-corrected chi connectivity index (χ4v) is 4.70. The highest BCUT2D eigenvalue weighted by atomic mass is 32.2. The number of oxazole rings is 1. The van der Waals surface area contributed by atoms with E-state index in [1.807, 2.05) is 12.1 Å². The van der Waals surface area contributed by atoms with Gasteiger partial charge in [0.05, 0.1) is 0 Å². The first-order chi connectivity index (χ1) is 13.8. The largest absolute Gasteiger partial charge is 0.429 e. The van der Waals surface area contributed by atoms with Gasteiger partial charge >= 0.3 is 0 Å². The number of hydrogen-bond acceptors (Lipinski definition) is 4. The second-order valence-corrected chi connectivity index (χ2v) is 8.44. The molecule has 0 N–H and O–H groups in total. The molecule has 0 saturated heterocycles. The second kappa shape index (κ2) is 9.18. The predicted molar refractivity (Wildman–Crippen MR) is 119 cm³/mol. The molecule has 4 heteroatoms. The Morgan fingerprint density at radius 1 is 0.714 bits per heavy atom. The minimum Gasteiger partial charge on any atom is -0.429 e. The van der Waals surface area contributed by atoms with E-state index >= 15 is 0 Å². The highest BCUT2D eigenvalue weighted by Crippen LogP contribution is 2.37. The third-order valence-electron chi connectivity index (χ3n) is 4.30. The van der Waals surface area contributed by atoms with Crippen molar-refractivity contribution in [1.29, 1.82) is 0 Å². The van der Waals surface area contributed by atoms with Gasteiger partial charge in [-0.3, -0.25) is 0 Å². The molecular weight excluding hydrogens is 382 g/mol. The van der Waals surface area contributed by atoms with Gasteiger partial charge in [-0.15, -0.1) is 0 Å². The van der Waals surface area contributed by atoms with Gasteiger partial charge in [0.25, 0.3) is 0 Å². The van der Waals surface area contributed by atoms with E-state index in [1.54, 1.807) is 23.5 Å². The molecule has 0 atom stereocenters. The molecule has 0 saturated carbocycles. The van der Waals surface area contributed by atoms with Crippen LogP contribution >= 0.6 is 23.5 Å². The molecule has 0 unspecified atom stereocenters. The van der Waals surface area contributed by atoms with Gasteiger partial charge in [-0.1, -0.05) is 102 Å². The zero-order valence-corrected chi connectivity index (χ0v) is 17.3. The second-order valence-electron chi connectivity index (χ2n) is 6.53. The maximum atomic E-state index is 6.18. The number of aryl methyl sites for hydroxylation is 1. The smallest absolute Gasteiger partial charge is 0.228 e. The Morgan fingerprint density at radius 2 is 1.29 bits per heavy atom. The molecule has 0 spiro atoms. The van der Waals surface area contributed by atoms with Crippen LogP contribution in [0.4, 0.5) is 0 Å². The maximum Gasteiger partial charge on any atom is 0.228 e. The third-order valence-corrected chi connectivity index (χ3v) is 6.47. The minimum atomic E-state index is 0.686. The molecule has 4 rings (SSSR count). The number of rotatable bonds is 7. The van der Waals surface area contributed by atoms with Crippen LogP contribution < -0.4 is 0 Å². The summed E-state index contributed by atoms with van der Waals surface area (Å²) in [5.41, 5.74) is 4.80. The summed E-state index contributed by atoms with van der Waals surface area (Å²) in [5, 5.41) is 1.85. The van der Waals surface area contributed by atoms with Crippen LogP contribution in [-0.2, 0) is 11.5 Å². The minimum absolute atomic E-state index is 0.686. The number of aromatic nitrogens is 1. The summed E-state index contributed by atoms with van der Waals surface area (Å²) in [6.07, 6.45) is 0. The van der Waals surface area contributed by atoms with E-state index in [9.17, 15) is 0 Å². The van der Waals surface area contributed by atoms with Crippen molar-refractivity contribution in [3.63, 3.8) is 0 Å². The fourth-order valence-electron chi connectivity index (χ4n) is 2.74. The molecule has 0 aliphatic heterocycles. The van der Waals surface area contributed by atoms with Gasteiger partial charge < -0.3 is 4.42 Å². The Bertz CT molecular complexity index is 951. The van der Waals surface area contributed by atoms with E-state index in [1.165, 1.54) is 16.7 Å². The highest BCUT2D eigenvalue weighted by Gasteiger charge is 2.16. The lowest BCUT2D eigenvalue weighted by Gasteiger charge is -2.02. The van der Waals surface area contributed by atoms with E-state index in [0.717, 1.165) is 27.2 Å². The van der Waals surface area contributed by atoms with Gasteiger partial charge in [0.15, 0.2) is 5.09 Å². The van der Waals surface area contributed by atoms with Crippen molar-refractivity contribution in [3.05, 3.63) is 102 Å². The molecule has 0 bridgehead atoms. The van der Waals surface area contributed by atoms with Gasteiger partial charge in [-0.05, 0) is 30.2 Å². The van der Waals surface area contributed by atoms with Crippen LogP contribution in [-0.4, -0.2) is 4.98 Å². The molecule has 3 aromatic carbocycles. The van der Waals surface area contributed by atoms with Crippen molar-refractivity contribution >= 4 is 23.5 Å².